The number of hydrogen-bond acceptors (Lipinski definition) is 6. The standard InChI is InChI=1S/C31H26F2N4O4S/c1-36-25(38)13-18-12-20(16-34-29(18)36)23-10-7-21(32)15-24(23)27-28(33)42-31(35-27)37(22-8-9-22)30(41)19(14-26(39)40)11-17-5-3-2-4-6-17/h2-7,10,12,15-16,19,22H,8-9,11,13-14H2,1H3,(H,39,40)/t19-/m1/s1. The summed E-state index contributed by atoms with van der Waals surface area (Å²) in [5, 5.41) is 8.97. The number of rotatable bonds is 9. The lowest BCUT2D eigenvalue weighted by atomic mass is 9.94. The molecule has 2 aromatic heterocycles. The van der Waals surface area contributed by atoms with E-state index in [-0.39, 0.29) is 47.6 Å². The molecule has 0 saturated heterocycles. The lowest BCUT2D eigenvalue weighted by molar-refractivity contribution is -0.140. The maximum atomic E-state index is 15.6. The molecule has 1 fully saturated rings. The van der Waals surface area contributed by atoms with Gasteiger partial charge in [0.25, 0.3) is 0 Å². The Morgan fingerprint density at radius 3 is 2.60 bits per heavy atom. The summed E-state index contributed by atoms with van der Waals surface area (Å²) in [6.45, 7) is 0. The number of carboxylic acids is 1. The molecule has 1 saturated carbocycles. The minimum atomic E-state index is -1.11. The number of amides is 2. The van der Waals surface area contributed by atoms with E-state index in [9.17, 15) is 23.9 Å². The van der Waals surface area contributed by atoms with Crippen LogP contribution in [-0.2, 0) is 27.2 Å². The Balaban J connectivity index is 1.37. The number of likely N-dealkylation sites (N-methyl/N-ethyl adjacent to an activating group) is 1. The van der Waals surface area contributed by atoms with Crippen LogP contribution in [0.2, 0.25) is 0 Å². The molecule has 0 spiro atoms. The zero-order valence-electron chi connectivity index (χ0n) is 22.6. The van der Waals surface area contributed by atoms with Gasteiger partial charge in [-0.1, -0.05) is 47.7 Å². The van der Waals surface area contributed by atoms with Gasteiger partial charge < -0.3 is 5.11 Å². The Bertz CT molecular complexity index is 1710. The van der Waals surface area contributed by atoms with Gasteiger partial charge in [-0.15, -0.1) is 0 Å². The van der Waals surface area contributed by atoms with Crippen LogP contribution in [0.1, 0.15) is 30.4 Å². The molecule has 1 atom stereocenters. The molecular formula is C31H26F2N4O4S. The van der Waals surface area contributed by atoms with Crippen LogP contribution < -0.4 is 9.80 Å². The predicted molar refractivity (Wildman–Crippen MR) is 154 cm³/mol. The molecule has 11 heteroatoms. The average Bonchev–Trinajstić information content (AvgIpc) is 3.66. The van der Waals surface area contributed by atoms with Crippen LogP contribution in [0.15, 0.2) is 60.8 Å². The number of carbonyl (C=O) groups excluding carboxylic acids is 2. The molecule has 2 aromatic carbocycles. The fourth-order valence-electron chi connectivity index (χ4n) is 5.32. The molecule has 214 valence electrons. The lowest BCUT2D eigenvalue weighted by Crippen LogP contribution is -2.39. The quantitative estimate of drug-likeness (QED) is 0.277. The highest BCUT2D eigenvalue weighted by molar-refractivity contribution is 7.14. The van der Waals surface area contributed by atoms with Crippen molar-refractivity contribution in [1.82, 2.24) is 9.97 Å². The first kappa shape index (κ1) is 27.6. The van der Waals surface area contributed by atoms with Gasteiger partial charge >= 0.3 is 5.97 Å². The molecule has 42 heavy (non-hydrogen) atoms. The number of aromatic nitrogens is 2. The molecule has 4 aromatic rings. The molecule has 0 bridgehead atoms. The van der Waals surface area contributed by atoms with Crippen molar-refractivity contribution in [2.75, 3.05) is 16.8 Å². The molecule has 1 N–H and O–H groups in total. The van der Waals surface area contributed by atoms with Gasteiger partial charge in [0, 0.05) is 36.0 Å². The van der Waals surface area contributed by atoms with Crippen molar-refractivity contribution in [1.29, 1.82) is 0 Å². The van der Waals surface area contributed by atoms with Gasteiger partial charge in [0.15, 0.2) is 5.13 Å². The number of nitrogens with zero attached hydrogens (tertiary/aromatic N) is 4. The number of carbonyl (C=O) groups is 3. The summed E-state index contributed by atoms with van der Waals surface area (Å²) in [4.78, 5) is 49.5. The molecule has 2 aliphatic rings. The molecule has 0 radical (unpaired) electrons. The Hall–Kier alpha value is -4.51. The van der Waals surface area contributed by atoms with E-state index in [1.54, 1.807) is 19.3 Å². The third-order valence-corrected chi connectivity index (χ3v) is 8.39. The number of carboxylic acid groups (broad SMARTS) is 1. The van der Waals surface area contributed by atoms with E-state index in [4.69, 9.17) is 0 Å². The van der Waals surface area contributed by atoms with Gasteiger partial charge in [-0.2, -0.15) is 4.39 Å². The molecule has 1 aliphatic heterocycles. The van der Waals surface area contributed by atoms with Crippen molar-refractivity contribution >= 4 is 40.1 Å². The lowest BCUT2D eigenvalue weighted by Gasteiger charge is -2.24. The normalized spacial score (nSPS) is 15.0. The number of pyridine rings is 1. The zero-order valence-corrected chi connectivity index (χ0v) is 23.4. The van der Waals surface area contributed by atoms with Gasteiger partial charge in [0.2, 0.25) is 16.9 Å². The van der Waals surface area contributed by atoms with E-state index in [0.29, 0.717) is 46.7 Å². The predicted octanol–water partition coefficient (Wildman–Crippen LogP) is 5.50. The molecule has 0 unspecified atom stereocenters. The number of fused-ring (bicyclic) bond motifs is 1. The SMILES string of the molecule is CN1C(=O)Cc2cc(-c3ccc(F)cc3-c3nc(N(C(=O)[C@@H](CC(=O)O)Cc4ccccc4)C4CC4)sc3F)cnc21. The van der Waals surface area contributed by atoms with Crippen LogP contribution in [-0.4, -0.2) is 45.9 Å². The summed E-state index contributed by atoms with van der Waals surface area (Å²) in [6.07, 6.45) is 2.94. The summed E-state index contributed by atoms with van der Waals surface area (Å²) >= 11 is 0.677. The van der Waals surface area contributed by atoms with Crippen LogP contribution in [0.3, 0.4) is 0 Å². The summed E-state index contributed by atoms with van der Waals surface area (Å²) < 4.78 is 30.2. The zero-order chi connectivity index (χ0) is 29.5. The second kappa shape index (κ2) is 11.1. The first-order valence-corrected chi connectivity index (χ1v) is 14.3. The number of anilines is 2. The van der Waals surface area contributed by atoms with Crippen LogP contribution in [0.4, 0.5) is 19.7 Å². The van der Waals surface area contributed by atoms with E-state index >= 15 is 4.39 Å². The minimum Gasteiger partial charge on any atom is -0.481 e. The van der Waals surface area contributed by atoms with Crippen LogP contribution in [0.25, 0.3) is 22.4 Å². The van der Waals surface area contributed by atoms with Crippen LogP contribution in [0, 0.1) is 16.9 Å². The fraction of sp³-hybridized carbons (Fsp3) is 0.258. The molecular weight excluding hydrogens is 562 g/mol. The van der Waals surface area contributed by atoms with Gasteiger partial charge in [0.05, 0.1) is 18.8 Å². The van der Waals surface area contributed by atoms with Gasteiger partial charge in [-0.3, -0.25) is 24.2 Å². The van der Waals surface area contributed by atoms with Crippen molar-refractivity contribution < 1.29 is 28.3 Å². The number of halogens is 2. The monoisotopic (exact) mass is 588 g/mol. The summed E-state index contributed by atoms with van der Waals surface area (Å²) in [5.41, 5.74) is 2.64. The maximum Gasteiger partial charge on any atom is 0.304 e. The van der Waals surface area contributed by atoms with Crippen LogP contribution >= 0.6 is 11.3 Å². The number of aliphatic carboxylic acids is 1. The van der Waals surface area contributed by atoms with Crippen molar-refractivity contribution in [3.8, 4) is 22.4 Å². The van der Waals surface area contributed by atoms with Crippen molar-refractivity contribution in [2.45, 2.75) is 38.1 Å². The summed E-state index contributed by atoms with van der Waals surface area (Å²) in [7, 11) is 1.64. The Morgan fingerprint density at radius 2 is 1.88 bits per heavy atom. The van der Waals surface area contributed by atoms with E-state index in [2.05, 4.69) is 9.97 Å². The fourth-order valence-corrected chi connectivity index (χ4v) is 6.21. The second-order valence-corrected chi connectivity index (χ2v) is 11.5. The Labute approximate surface area is 244 Å². The maximum absolute atomic E-state index is 15.6. The Morgan fingerprint density at radius 1 is 1.12 bits per heavy atom. The summed E-state index contributed by atoms with van der Waals surface area (Å²) in [6, 6.07) is 14.7. The van der Waals surface area contributed by atoms with Crippen molar-refractivity contribution in [3.05, 3.63) is 82.9 Å². The van der Waals surface area contributed by atoms with E-state index < -0.39 is 28.7 Å². The largest absolute Gasteiger partial charge is 0.481 e. The van der Waals surface area contributed by atoms with Gasteiger partial charge in [0.1, 0.15) is 17.3 Å². The third kappa shape index (κ3) is 5.39. The molecule has 2 amide bonds. The molecule has 1 aliphatic carbocycles. The highest BCUT2D eigenvalue weighted by Crippen LogP contribution is 2.42. The second-order valence-electron chi connectivity index (χ2n) is 10.6. The summed E-state index contributed by atoms with van der Waals surface area (Å²) in [5.74, 6) is -2.55. The van der Waals surface area contributed by atoms with E-state index in [1.807, 2.05) is 30.3 Å². The van der Waals surface area contributed by atoms with E-state index in [0.717, 1.165) is 5.56 Å². The van der Waals surface area contributed by atoms with Crippen molar-refractivity contribution in [2.24, 2.45) is 5.92 Å². The number of hydrogen-bond donors (Lipinski definition) is 1. The average molecular weight is 589 g/mol. The number of thiazole rings is 1. The first-order chi connectivity index (χ1) is 20.2. The van der Waals surface area contributed by atoms with E-state index in [1.165, 1.54) is 28.0 Å². The third-order valence-electron chi connectivity index (χ3n) is 7.55. The molecule has 8 nitrogen and oxygen atoms in total. The molecule has 6 rings (SSSR count). The minimum absolute atomic E-state index is 0.0949. The van der Waals surface area contributed by atoms with Gasteiger partial charge in [-0.05, 0) is 48.6 Å². The van der Waals surface area contributed by atoms with Crippen LogP contribution in [0.5, 0.6) is 0 Å². The number of benzene rings is 2. The highest BCUT2D eigenvalue weighted by atomic mass is 32.1. The van der Waals surface area contributed by atoms with Gasteiger partial charge in [-0.25, -0.2) is 14.4 Å². The highest BCUT2D eigenvalue weighted by Gasteiger charge is 2.40. The smallest absolute Gasteiger partial charge is 0.304 e. The topological polar surface area (TPSA) is 104 Å². The van der Waals surface area contributed by atoms with Crippen molar-refractivity contribution in [3.63, 3.8) is 0 Å². The first-order valence-electron chi connectivity index (χ1n) is 13.5. The Kier molecular flexibility index (Phi) is 7.28. The molecule has 3 heterocycles.